The molecular weight excluding hydrogens is 262 g/mol. The monoisotopic (exact) mass is 273 g/mol. The van der Waals surface area contributed by atoms with Gasteiger partial charge in [0.2, 0.25) is 0 Å². The van der Waals surface area contributed by atoms with E-state index in [1.807, 2.05) is 11.4 Å². The second-order valence-electron chi connectivity index (χ2n) is 3.60. The Kier molecular flexibility index (Phi) is 3.23. The third-order valence-electron chi connectivity index (χ3n) is 2.60. The van der Waals surface area contributed by atoms with Crippen molar-refractivity contribution in [1.82, 2.24) is 5.32 Å². The number of carbonyl (C=O) groups is 1. The highest BCUT2D eigenvalue weighted by Crippen LogP contribution is 2.26. The third-order valence-corrected chi connectivity index (χ3v) is 4.44. The van der Waals surface area contributed by atoms with Gasteiger partial charge in [-0.1, -0.05) is 6.42 Å². The van der Waals surface area contributed by atoms with Crippen molar-refractivity contribution in [3.8, 4) is 0 Å². The molecule has 0 bridgehead atoms. The zero-order valence-corrected chi connectivity index (χ0v) is 10.2. The smallest absolute Gasteiger partial charge is 0.262 e. The highest BCUT2D eigenvalue weighted by atomic mass is 79.9. The van der Waals surface area contributed by atoms with Crippen molar-refractivity contribution in [3.63, 3.8) is 0 Å². The average molecular weight is 274 g/mol. The van der Waals surface area contributed by atoms with Crippen molar-refractivity contribution in [3.05, 3.63) is 20.8 Å². The molecule has 1 aromatic heterocycles. The number of thiophene rings is 1. The summed E-state index contributed by atoms with van der Waals surface area (Å²) in [5.74, 6) is 0.775. The SMILES string of the molecule is O=C(NCC1CCC1)c1sccc1Br. The lowest BCUT2D eigenvalue weighted by atomic mass is 9.85. The largest absolute Gasteiger partial charge is 0.351 e. The molecule has 0 radical (unpaired) electrons. The summed E-state index contributed by atoms with van der Waals surface area (Å²) in [6, 6.07) is 1.91. The molecule has 0 saturated heterocycles. The van der Waals surface area contributed by atoms with Gasteiger partial charge in [0.05, 0.1) is 0 Å². The minimum absolute atomic E-state index is 0.0544. The van der Waals surface area contributed by atoms with E-state index in [-0.39, 0.29) is 5.91 Å². The van der Waals surface area contributed by atoms with Crippen LogP contribution in [0.25, 0.3) is 0 Å². The molecule has 1 aliphatic carbocycles. The Morgan fingerprint density at radius 3 is 2.93 bits per heavy atom. The second-order valence-corrected chi connectivity index (χ2v) is 5.38. The number of carbonyl (C=O) groups excluding carboxylic acids is 1. The van der Waals surface area contributed by atoms with Crippen LogP contribution in [0.3, 0.4) is 0 Å². The maximum Gasteiger partial charge on any atom is 0.262 e. The minimum Gasteiger partial charge on any atom is -0.351 e. The summed E-state index contributed by atoms with van der Waals surface area (Å²) in [5, 5.41) is 4.89. The van der Waals surface area contributed by atoms with Gasteiger partial charge < -0.3 is 5.32 Å². The normalized spacial score (nSPS) is 16.4. The number of rotatable bonds is 3. The van der Waals surface area contributed by atoms with E-state index in [1.54, 1.807) is 0 Å². The molecule has 1 N–H and O–H groups in total. The number of hydrogen-bond acceptors (Lipinski definition) is 2. The van der Waals surface area contributed by atoms with Crippen molar-refractivity contribution in [1.29, 1.82) is 0 Å². The number of hydrogen-bond donors (Lipinski definition) is 1. The number of nitrogens with one attached hydrogen (secondary N) is 1. The third kappa shape index (κ3) is 2.17. The molecule has 0 spiro atoms. The Labute approximate surface area is 95.8 Å². The van der Waals surface area contributed by atoms with E-state index in [1.165, 1.54) is 30.6 Å². The van der Waals surface area contributed by atoms with E-state index in [0.29, 0.717) is 0 Å². The summed E-state index contributed by atoms with van der Waals surface area (Å²) in [6.07, 6.45) is 3.86. The molecule has 0 atom stereocenters. The first kappa shape index (κ1) is 10.2. The molecule has 1 fully saturated rings. The summed E-state index contributed by atoms with van der Waals surface area (Å²) in [4.78, 5) is 12.4. The van der Waals surface area contributed by atoms with E-state index in [4.69, 9.17) is 0 Å². The fourth-order valence-electron chi connectivity index (χ4n) is 1.47. The first-order valence-electron chi connectivity index (χ1n) is 4.78. The summed E-state index contributed by atoms with van der Waals surface area (Å²) in [7, 11) is 0. The summed E-state index contributed by atoms with van der Waals surface area (Å²) in [5.41, 5.74) is 0. The van der Waals surface area contributed by atoms with Gasteiger partial charge in [-0.2, -0.15) is 0 Å². The first-order chi connectivity index (χ1) is 6.77. The van der Waals surface area contributed by atoms with Gasteiger partial charge in [-0.05, 0) is 46.1 Å². The van der Waals surface area contributed by atoms with E-state index in [2.05, 4.69) is 21.2 Å². The molecule has 4 heteroatoms. The van der Waals surface area contributed by atoms with E-state index in [9.17, 15) is 4.79 Å². The molecule has 1 aromatic rings. The van der Waals surface area contributed by atoms with Crippen LogP contribution < -0.4 is 5.32 Å². The molecule has 1 heterocycles. The van der Waals surface area contributed by atoms with Crippen molar-refractivity contribution in [2.75, 3.05) is 6.54 Å². The van der Waals surface area contributed by atoms with Crippen molar-refractivity contribution >= 4 is 33.2 Å². The molecule has 0 aliphatic heterocycles. The van der Waals surface area contributed by atoms with Gasteiger partial charge in [0.15, 0.2) is 0 Å². The number of amides is 1. The molecule has 1 amide bonds. The van der Waals surface area contributed by atoms with Gasteiger partial charge in [-0.3, -0.25) is 4.79 Å². The van der Waals surface area contributed by atoms with Crippen LogP contribution in [-0.4, -0.2) is 12.5 Å². The summed E-state index contributed by atoms with van der Waals surface area (Å²) < 4.78 is 0.897. The van der Waals surface area contributed by atoms with Crippen LogP contribution in [0.4, 0.5) is 0 Å². The minimum atomic E-state index is 0.0544. The molecule has 1 aliphatic rings. The highest BCUT2D eigenvalue weighted by Gasteiger charge is 2.19. The topological polar surface area (TPSA) is 29.1 Å². The zero-order chi connectivity index (χ0) is 9.97. The van der Waals surface area contributed by atoms with Crippen LogP contribution in [-0.2, 0) is 0 Å². The zero-order valence-electron chi connectivity index (χ0n) is 7.75. The average Bonchev–Trinajstić information content (AvgIpc) is 2.48. The van der Waals surface area contributed by atoms with Gasteiger partial charge in [-0.15, -0.1) is 11.3 Å². The standard InChI is InChI=1S/C10H12BrNOS/c11-8-4-5-14-9(8)10(13)12-6-7-2-1-3-7/h4-5,7H,1-3,6H2,(H,12,13). The van der Waals surface area contributed by atoms with Crippen LogP contribution in [0, 0.1) is 5.92 Å². The van der Waals surface area contributed by atoms with Gasteiger partial charge in [0.1, 0.15) is 4.88 Å². The van der Waals surface area contributed by atoms with E-state index in [0.717, 1.165) is 21.8 Å². The van der Waals surface area contributed by atoms with Crippen LogP contribution in [0.5, 0.6) is 0 Å². The number of halogens is 1. The lowest BCUT2D eigenvalue weighted by Gasteiger charge is -2.25. The van der Waals surface area contributed by atoms with Gasteiger partial charge in [0.25, 0.3) is 5.91 Å². The van der Waals surface area contributed by atoms with Crippen LogP contribution >= 0.6 is 27.3 Å². The maximum atomic E-state index is 11.6. The van der Waals surface area contributed by atoms with Crippen molar-refractivity contribution < 1.29 is 4.79 Å². The van der Waals surface area contributed by atoms with E-state index < -0.39 is 0 Å². The Balaban J connectivity index is 1.86. The second kappa shape index (κ2) is 4.45. The van der Waals surface area contributed by atoms with Gasteiger partial charge in [0, 0.05) is 11.0 Å². The summed E-state index contributed by atoms with van der Waals surface area (Å²) >= 11 is 4.83. The Bertz CT molecular complexity index is 333. The van der Waals surface area contributed by atoms with Crippen LogP contribution in [0.15, 0.2) is 15.9 Å². The Morgan fingerprint density at radius 2 is 2.43 bits per heavy atom. The maximum absolute atomic E-state index is 11.6. The first-order valence-corrected chi connectivity index (χ1v) is 6.46. The molecule has 14 heavy (non-hydrogen) atoms. The molecule has 1 saturated carbocycles. The Hall–Kier alpha value is -0.350. The van der Waals surface area contributed by atoms with Gasteiger partial charge >= 0.3 is 0 Å². The highest BCUT2D eigenvalue weighted by molar-refractivity contribution is 9.10. The van der Waals surface area contributed by atoms with Crippen molar-refractivity contribution in [2.24, 2.45) is 5.92 Å². The molecular formula is C10H12BrNOS. The lowest BCUT2D eigenvalue weighted by molar-refractivity contribution is 0.0942. The predicted octanol–water partition coefficient (Wildman–Crippen LogP) is 3.04. The molecule has 2 nitrogen and oxygen atoms in total. The fourth-order valence-corrected chi connectivity index (χ4v) is 2.94. The lowest BCUT2D eigenvalue weighted by Crippen LogP contribution is -2.31. The molecule has 76 valence electrons. The molecule has 2 rings (SSSR count). The fraction of sp³-hybridized carbons (Fsp3) is 0.500. The van der Waals surface area contributed by atoms with Crippen LogP contribution in [0.2, 0.25) is 0 Å². The molecule has 0 aromatic carbocycles. The van der Waals surface area contributed by atoms with Crippen LogP contribution in [0.1, 0.15) is 28.9 Å². The van der Waals surface area contributed by atoms with E-state index >= 15 is 0 Å². The molecule has 0 unspecified atom stereocenters. The van der Waals surface area contributed by atoms with Crippen molar-refractivity contribution in [2.45, 2.75) is 19.3 Å². The summed E-state index contributed by atoms with van der Waals surface area (Å²) in [6.45, 7) is 0.836. The predicted molar refractivity (Wildman–Crippen MR) is 61.7 cm³/mol. The van der Waals surface area contributed by atoms with Gasteiger partial charge in [-0.25, -0.2) is 0 Å². The Morgan fingerprint density at radius 1 is 1.64 bits per heavy atom. The quantitative estimate of drug-likeness (QED) is 0.901.